The monoisotopic (exact) mass is 347 g/mol. The molecule has 1 amide bonds. The number of benzene rings is 1. The molecule has 0 aliphatic heterocycles. The van der Waals surface area contributed by atoms with Gasteiger partial charge in [0.15, 0.2) is 6.61 Å². The van der Waals surface area contributed by atoms with E-state index in [1.54, 1.807) is 0 Å². The van der Waals surface area contributed by atoms with Crippen molar-refractivity contribution in [3.8, 4) is 5.75 Å². The maximum atomic E-state index is 11.8. The lowest BCUT2D eigenvalue weighted by Crippen LogP contribution is -2.32. The van der Waals surface area contributed by atoms with Gasteiger partial charge in [-0.2, -0.15) is 0 Å². The summed E-state index contributed by atoms with van der Waals surface area (Å²) >= 11 is 1.30. The fraction of sp³-hybridized carbons (Fsp3) is 0.333. The van der Waals surface area contributed by atoms with Gasteiger partial charge in [-0.1, -0.05) is 17.7 Å². The molecule has 1 aromatic heterocycles. The Morgan fingerprint density at radius 3 is 2.58 bits per heavy atom. The number of nitrogens with one attached hydrogen (secondary N) is 1. The highest BCUT2D eigenvalue weighted by Gasteiger charge is 2.13. The highest BCUT2D eigenvalue weighted by molar-refractivity contribution is 7.12. The largest absolute Gasteiger partial charge is 0.491 e. The summed E-state index contributed by atoms with van der Waals surface area (Å²) in [4.78, 5) is 24.0. The van der Waals surface area contributed by atoms with Crippen molar-refractivity contribution in [1.82, 2.24) is 5.32 Å². The van der Waals surface area contributed by atoms with Crippen molar-refractivity contribution in [1.29, 1.82) is 0 Å². The van der Waals surface area contributed by atoms with E-state index in [2.05, 4.69) is 5.32 Å². The Kier molecular flexibility index (Phi) is 6.37. The smallest absolute Gasteiger partial charge is 0.349 e. The van der Waals surface area contributed by atoms with Crippen molar-refractivity contribution in [3.63, 3.8) is 0 Å². The first-order valence-electron chi connectivity index (χ1n) is 7.65. The molecule has 0 bridgehead atoms. The molecule has 1 N–H and O–H groups in total. The van der Waals surface area contributed by atoms with Crippen LogP contribution in [0.2, 0.25) is 0 Å². The van der Waals surface area contributed by atoms with E-state index in [1.807, 2.05) is 50.4 Å². The number of amides is 1. The Labute approximate surface area is 145 Å². The van der Waals surface area contributed by atoms with E-state index in [0.29, 0.717) is 18.0 Å². The first-order valence-corrected chi connectivity index (χ1v) is 8.53. The van der Waals surface area contributed by atoms with Crippen molar-refractivity contribution in [2.45, 2.75) is 20.8 Å². The Morgan fingerprint density at radius 2 is 1.92 bits per heavy atom. The van der Waals surface area contributed by atoms with Gasteiger partial charge < -0.3 is 14.8 Å². The first-order chi connectivity index (χ1) is 11.5. The van der Waals surface area contributed by atoms with Gasteiger partial charge in [-0.15, -0.1) is 11.3 Å². The molecule has 128 valence electrons. The molecular formula is C18H21NO4S. The second-order valence-corrected chi connectivity index (χ2v) is 6.39. The van der Waals surface area contributed by atoms with E-state index in [1.165, 1.54) is 16.9 Å². The third kappa shape index (κ3) is 5.09. The summed E-state index contributed by atoms with van der Waals surface area (Å²) < 4.78 is 10.6. The number of esters is 1. The maximum absolute atomic E-state index is 11.8. The summed E-state index contributed by atoms with van der Waals surface area (Å²) in [6.45, 7) is 6.25. The number of rotatable bonds is 7. The van der Waals surface area contributed by atoms with Gasteiger partial charge in [-0.3, -0.25) is 4.79 Å². The van der Waals surface area contributed by atoms with Crippen LogP contribution in [0.4, 0.5) is 0 Å². The molecule has 1 aromatic carbocycles. The van der Waals surface area contributed by atoms with Crippen molar-refractivity contribution in [2.75, 3.05) is 19.8 Å². The minimum atomic E-state index is -0.468. The average molecular weight is 347 g/mol. The molecule has 0 fully saturated rings. The Bertz CT molecular complexity index is 724. The average Bonchev–Trinajstić information content (AvgIpc) is 2.97. The quantitative estimate of drug-likeness (QED) is 0.618. The second kappa shape index (κ2) is 8.49. The van der Waals surface area contributed by atoms with Crippen LogP contribution in [-0.2, 0) is 9.53 Å². The summed E-state index contributed by atoms with van der Waals surface area (Å²) in [5.41, 5.74) is 3.09. The zero-order chi connectivity index (χ0) is 17.5. The van der Waals surface area contributed by atoms with Crippen molar-refractivity contribution in [3.05, 3.63) is 51.2 Å². The van der Waals surface area contributed by atoms with E-state index in [4.69, 9.17) is 9.47 Å². The second-order valence-electron chi connectivity index (χ2n) is 5.48. The van der Waals surface area contributed by atoms with Crippen molar-refractivity contribution < 1.29 is 19.1 Å². The molecule has 0 saturated heterocycles. The third-order valence-electron chi connectivity index (χ3n) is 3.39. The third-order valence-corrected chi connectivity index (χ3v) is 4.39. The molecule has 6 heteroatoms. The molecule has 5 nitrogen and oxygen atoms in total. The van der Waals surface area contributed by atoms with Gasteiger partial charge in [0, 0.05) is 0 Å². The van der Waals surface area contributed by atoms with E-state index in [0.717, 1.165) is 16.9 Å². The fourth-order valence-electron chi connectivity index (χ4n) is 2.14. The Morgan fingerprint density at radius 1 is 1.12 bits per heavy atom. The zero-order valence-corrected chi connectivity index (χ0v) is 14.9. The van der Waals surface area contributed by atoms with Gasteiger partial charge in [0.25, 0.3) is 5.91 Å². The lowest BCUT2D eigenvalue weighted by molar-refractivity contribution is -0.124. The van der Waals surface area contributed by atoms with E-state index >= 15 is 0 Å². The van der Waals surface area contributed by atoms with Crippen LogP contribution in [0.3, 0.4) is 0 Å². The molecule has 24 heavy (non-hydrogen) atoms. The predicted molar refractivity (Wildman–Crippen MR) is 93.8 cm³/mol. The van der Waals surface area contributed by atoms with Gasteiger partial charge in [0.2, 0.25) is 0 Å². The Hall–Kier alpha value is -2.34. The summed E-state index contributed by atoms with van der Waals surface area (Å²) in [6, 6.07) is 7.77. The molecule has 2 aromatic rings. The van der Waals surface area contributed by atoms with Crippen LogP contribution in [0, 0.1) is 20.8 Å². The first kappa shape index (κ1) is 18.0. The highest BCUT2D eigenvalue weighted by Crippen LogP contribution is 2.18. The van der Waals surface area contributed by atoms with Gasteiger partial charge in [0.1, 0.15) is 17.2 Å². The standard InChI is InChI=1S/C18H21NO4S/c1-12-4-5-15(14(3)10-12)22-8-7-19-16(20)11-23-18(21)17-13(2)6-9-24-17/h4-6,9-10H,7-8,11H2,1-3H3,(H,19,20). The number of ether oxygens (including phenoxy) is 2. The normalized spacial score (nSPS) is 10.3. The highest BCUT2D eigenvalue weighted by atomic mass is 32.1. The maximum Gasteiger partial charge on any atom is 0.349 e. The minimum Gasteiger partial charge on any atom is -0.491 e. The molecule has 0 radical (unpaired) electrons. The molecule has 2 rings (SSSR count). The molecule has 0 aliphatic rings. The van der Waals surface area contributed by atoms with Crippen LogP contribution in [0.1, 0.15) is 26.4 Å². The molecule has 0 atom stereocenters. The molecule has 1 heterocycles. The summed E-state index contributed by atoms with van der Waals surface area (Å²) in [7, 11) is 0. The number of aryl methyl sites for hydroxylation is 3. The van der Waals surface area contributed by atoms with Crippen molar-refractivity contribution >= 4 is 23.2 Å². The van der Waals surface area contributed by atoms with Crippen LogP contribution in [0.25, 0.3) is 0 Å². The summed E-state index contributed by atoms with van der Waals surface area (Å²) in [6.07, 6.45) is 0. The summed E-state index contributed by atoms with van der Waals surface area (Å²) in [5.74, 6) is -0.0135. The van der Waals surface area contributed by atoms with E-state index < -0.39 is 5.97 Å². The number of carbonyl (C=O) groups is 2. The SMILES string of the molecule is Cc1ccc(OCCNC(=O)COC(=O)c2sccc2C)c(C)c1. The van der Waals surface area contributed by atoms with Gasteiger partial charge in [0.05, 0.1) is 6.54 Å². The van der Waals surface area contributed by atoms with Gasteiger partial charge in [-0.05, 0) is 49.4 Å². The lowest BCUT2D eigenvalue weighted by Gasteiger charge is -2.10. The topological polar surface area (TPSA) is 64.6 Å². The van der Waals surface area contributed by atoms with Gasteiger partial charge >= 0.3 is 5.97 Å². The number of hydrogen-bond acceptors (Lipinski definition) is 5. The predicted octanol–water partition coefficient (Wildman–Crippen LogP) is 3.03. The molecule has 0 unspecified atom stereocenters. The van der Waals surface area contributed by atoms with E-state index in [-0.39, 0.29) is 12.5 Å². The number of thiophene rings is 1. The van der Waals surface area contributed by atoms with Crippen molar-refractivity contribution in [2.24, 2.45) is 0 Å². The van der Waals surface area contributed by atoms with Crippen LogP contribution in [0.5, 0.6) is 5.75 Å². The van der Waals surface area contributed by atoms with Crippen LogP contribution in [-0.4, -0.2) is 31.6 Å². The Balaban J connectivity index is 1.66. The minimum absolute atomic E-state index is 0.292. The number of hydrogen-bond donors (Lipinski definition) is 1. The fourth-order valence-corrected chi connectivity index (χ4v) is 2.96. The van der Waals surface area contributed by atoms with Crippen LogP contribution in [0.15, 0.2) is 29.6 Å². The molecular weight excluding hydrogens is 326 g/mol. The van der Waals surface area contributed by atoms with Crippen LogP contribution >= 0.6 is 11.3 Å². The van der Waals surface area contributed by atoms with Crippen LogP contribution < -0.4 is 10.1 Å². The zero-order valence-electron chi connectivity index (χ0n) is 14.0. The number of carbonyl (C=O) groups excluding carboxylic acids is 2. The molecule has 0 saturated carbocycles. The molecule has 0 aliphatic carbocycles. The summed E-state index contributed by atoms with van der Waals surface area (Å²) in [5, 5.41) is 4.48. The van der Waals surface area contributed by atoms with E-state index in [9.17, 15) is 9.59 Å². The lowest BCUT2D eigenvalue weighted by atomic mass is 10.1. The van der Waals surface area contributed by atoms with Gasteiger partial charge in [-0.25, -0.2) is 4.79 Å². The molecule has 0 spiro atoms.